The zero-order chi connectivity index (χ0) is 21.2. The minimum absolute atomic E-state index is 0.0765. The van der Waals surface area contributed by atoms with Crippen molar-refractivity contribution in [2.24, 2.45) is 11.3 Å². The van der Waals surface area contributed by atoms with Crippen molar-refractivity contribution in [3.63, 3.8) is 0 Å². The highest BCUT2D eigenvalue weighted by Crippen LogP contribution is 2.49. The molecule has 8 heteroatoms. The lowest BCUT2D eigenvalue weighted by atomic mass is 9.81. The van der Waals surface area contributed by atoms with Gasteiger partial charge in [0.05, 0.1) is 5.41 Å². The SMILES string of the molecule is CC(C)(C)OC(=O)NC1CC2CN(C(=O)OCc3ccccc3)CC2(C(=O)O)C1. The Hall–Kier alpha value is -2.77. The number of benzene rings is 1. The number of ether oxygens (including phenoxy) is 2. The van der Waals surface area contributed by atoms with E-state index >= 15 is 0 Å². The lowest BCUT2D eigenvalue weighted by Gasteiger charge is -2.25. The molecule has 3 rings (SSSR count). The van der Waals surface area contributed by atoms with Gasteiger partial charge in [-0.05, 0) is 45.1 Å². The minimum Gasteiger partial charge on any atom is -0.481 e. The summed E-state index contributed by atoms with van der Waals surface area (Å²) in [6.07, 6.45) is -0.328. The fraction of sp³-hybridized carbons (Fsp3) is 0.571. The van der Waals surface area contributed by atoms with E-state index in [1.807, 2.05) is 30.3 Å². The Bertz CT molecular complexity index is 775. The summed E-state index contributed by atoms with van der Waals surface area (Å²) in [6.45, 7) is 5.83. The second-order valence-corrected chi connectivity index (χ2v) is 8.86. The van der Waals surface area contributed by atoms with Crippen molar-refractivity contribution in [3.05, 3.63) is 35.9 Å². The molecule has 3 atom stereocenters. The average molecular weight is 404 g/mol. The Balaban J connectivity index is 1.59. The Morgan fingerprint density at radius 3 is 2.52 bits per heavy atom. The fourth-order valence-electron chi connectivity index (χ4n) is 4.24. The van der Waals surface area contributed by atoms with Gasteiger partial charge in [-0.25, -0.2) is 9.59 Å². The Morgan fingerprint density at radius 2 is 1.93 bits per heavy atom. The molecule has 0 radical (unpaired) electrons. The molecular weight excluding hydrogens is 376 g/mol. The third-order valence-electron chi connectivity index (χ3n) is 5.49. The van der Waals surface area contributed by atoms with E-state index in [0.29, 0.717) is 13.0 Å². The topological polar surface area (TPSA) is 105 Å². The number of alkyl carbamates (subject to hydrolysis) is 1. The quantitative estimate of drug-likeness (QED) is 0.799. The molecule has 2 fully saturated rings. The minimum atomic E-state index is -1.08. The number of hydrogen-bond acceptors (Lipinski definition) is 5. The smallest absolute Gasteiger partial charge is 0.410 e. The van der Waals surface area contributed by atoms with Crippen LogP contribution in [0.4, 0.5) is 9.59 Å². The van der Waals surface area contributed by atoms with Crippen LogP contribution in [0, 0.1) is 11.3 Å². The van der Waals surface area contributed by atoms with Gasteiger partial charge in [-0.1, -0.05) is 30.3 Å². The van der Waals surface area contributed by atoms with Crippen LogP contribution in [0.15, 0.2) is 30.3 Å². The molecule has 2 amide bonds. The molecule has 0 bridgehead atoms. The number of likely N-dealkylation sites (tertiary alicyclic amines) is 1. The summed E-state index contributed by atoms with van der Waals surface area (Å²) in [5.74, 6) is -1.20. The normalized spacial score (nSPS) is 26.0. The van der Waals surface area contributed by atoms with Crippen molar-refractivity contribution in [1.82, 2.24) is 10.2 Å². The first-order chi connectivity index (χ1) is 13.6. The second kappa shape index (κ2) is 7.93. The monoisotopic (exact) mass is 404 g/mol. The third-order valence-corrected chi connectivity index (χ3v) is 5.49. The van der Waals surface area contributed by atoms with E-state index in [1.165, 1.54) is 4.90 Å². The zero-order valence-corrected chi connectivity index (χ0v) is 17.0. The van der Waals surface area contributed by atoms with Gasteiger partial charge in [0.2, 0.25) is 0 Å². The van der Waals surface area contributed by atoms with Gasteiger partial charge in [0.15, 0.2) is 0 Å². The van der Waals surface area contributed by atoms with E-state index in [2.05, 4.69) is 5.32 Å². The molecule has 8 nitrogen and oxygen atoms in total. The lowest BCUT2D eigenvalue weighted by Crippen LogP contribution is -2.42. The maximum absolute atomic E-state index is 12.5. The summed E-state index contributed by atoms with van der Waals surface area (Å²) < 4.78 is 10.6. The van der Waals surface area contributed by atoms with E-state index in [-0.39, 0.29) is 31.5 Å². The summed E-state index contributed by atoms with van der Waals surface area (Å²) in [6, 6.07) is 9.02. The molecule has 1 aromatic rings. The highest BCUT2D eigenvalue weighted by molar-refractivity contribution is 5.79. The van der Waals surface area contributed by atoms with Gasteiger partial charge in [-0.15, -0.1) is 0 Å². The molecule has 1 saturated carbocycles. The van der Waals surface area contributed by atoms with E-state index in [4.69, 9.17) is 9.47 Å². The Labute approximate surface area is 170 Å². The molecule has 158 valence electrons. The summed E-state index contributed by atoms with van der Waals surface area (Å²) in [7, 11) is 0. The molecule has 0 spiro atoms. The number of rotatable bonds is 4. The highest BCUT2D eigenvalue weighted by Gasteiger charge is 2.59. The predicted octanol–water partition coefficient (Wildman–Crippen LogP) is 3.01. The van der Waals surface area contributed by atoms with Gasteiger partial charge in [0.1, 0.15) is 12.2 Å². The fourth-order valence-corrected chi connectivity index (χ4v) is 4.24. The van der Waals surface area contributed by atoms with Crippen molar-refractivity contribution in [1.29, 1.82) is 0 Å². The van der Waals surface area contributed by atoms with Crippen LogP contribution in [-0.2, 0) is 20.9 Å². The summed E-state index contributed by atoms with van der Waals surface area (Å²) in [5, 5.41) is 12.7. The van der Waals surface area contributed by atoms with Crippen LogP contribution in [0.1, 0.15) is 39.2 Å². The number of nitrogens with one attached hydrogen (secondary N) is 1. The first-order valence-corrected chi connectivity index (χ1v) is 9.77. The maximum Gasteiger partial charge on any atom is 0.410 e. The maximum atomic E-state index is 12.5. The molecule has 29 heavy (non-hydrogen) atoms. The van der Waals surface area contributed by atoms with Gasteiger partial charge in [-0.2, -0.15) is 0 Å². The summed E-state index contributed by atoms with van der Waals surface area (Å²) in [4.78, 5) is 38.0. The molecule has 1 heterocycles. The van der Waals surface area contributed by atoms with Crippen LogP contribution in [0.5, 0.6) is 0 Å². The lowest BCUT2D eigenvalue weighted by molar-refractivity contribution is -0.149. The van der Waals surface area contributed by atoms with Gasteiger partial charge in [0, 0.05) is 19.1 Å². The Kier molecular flexibility index (Phi) is 5.73. The number of fused-ring (bicyclic) bond motifs is 1. The molecular formula is C21H28N2O6. The Morgan fingerprint density at radius 1 is 1.24 bits per heavy atom. The molecule has 1 aromatic carbocycles. The summed E-state index contributed by atoms with van der Waals surface area (Å²) in [5.41, 5.74) is -0.830. The number of aliphatic carboxylic acids is 1. The van der Waals surface area contributed by atoms with Crippen molar-refractivity contribution in [3.8, 4) is 0 Å². The number of carbonyl (C=O) groups is 3. The van der Waals surface area contributed by atoms with Crippen molar-refractivity contribution in [2.75, 3.05) is 13.1 Å². The number of carboxylic acid groups (broad SMARTS) is 1. The molecule has 2 aliphatic rings. The molecule has 3 unspecified atom stereocenters. The molecule has 0 aromatic heterocycles. The molecule has 1 aliphatic heterocycles. The van der Waals surface area contributed by atoms with Gasteiger partial charge >= 0.3 is 18.2 Å². The number of amides is 2. The van der Waals surface area contributed by atoms with Crippen LogP contribution in [0.25, 0.3) is 0 Å². The largest absolute Gasteiger partial charge is 0.481 e. The van der Waals surface area contributed by atoms with Gasteiger partial charge < -0.3 is 24.8 Å². The first kappa shape index (κ1) is 21.0. The average Bonchev–Trinajstić information content (AvgIpc) is 3.14. The first-order valence-electron chi connectivity index (χ1n) is 9.77. The predicted molar refractivity (Wildman–Crippen MR) is 104 cm³/mol. The van der Waals surface area contributed by atoms with Crippen molar-refractivity contribution >= 4 is 18.2 Å². The molecule has 2 N–H and O–H groups in total. The second-order valence-electron chi connectivity index (χ2n) is 8.86. The van der Waals surface area contributed by atoms with Gasteiger partial charge in [-0.3, -0.25) is 4.79 Å². The van der Waals surface area contributed by atoms with Crippen LogP contribution >= 0.6 is 0 Å². The molecule has 1 saturated heterocycles. The standard InChI is InChI=1S/C21H28N2O6/c1-20(2,3)29-18(26)22-16-9-15-11-23(13-21(15,10-16)17(24)25)19(27)28-12-14-7-5-4-6-8-14/h4-8,15-16H,9-13H2,1-3H3,(H,22,26)(H,24,25). The molecule has 1 aliphatic carbocycles. The number of carbonyl (C=O) groups excluding carboxylic acids is 2. The van der Waals surface area contributed by atoms with E-state index < -0.39 is 29.2 Å². The van der Waals surface area contributed by atoms with Crippen LogP contribution in [0.2, 0.25) is 0 Å². The van der Waals surface area contributed by atoms with Crippen LogP contribution < -0.4 is 5.32 Å². The van der Waals surface area contributed by atoms with Crippen LogP contribution in [0.3, 0.4) is 0 Å². The van der Waals surface area contributed by atoms with Crippen molar-refractivity contribution < 1.29 is 29.0 Å². The number of nitrogens with zero attached hydrogens (tertiary/aromatic N) is 1. The highest BCUT2D eigenvalue weighted by atomic mass is 16.6. The summed E-state index contributed by atoms with van der Waals surface area (Å²) >= 11 is 0. The number of carboxylic acids is 1. The zero-order valence-electron chi connectivity index (χ0n) is 17.0. The number of hydrogen-bond donors (Lipinski definition) is 2. The van der Waals surface area contributed by atoms with E-state index in [1.54, 1.807) is 20.8 Å². The van der Waals surface area contributed by atoms with E-state index in [9.17, 15) is 19.5 Å². The van der Waals surface area contributed by atoms with E-state index in [0.717, 1.165) is 5.56 Å². The van der Waals surface area contributed by atoms with Crippen LogP contribution in [-0.4, -0.2) is 52.9 Å². The third kappa shape index (κ3) is 4.81. The van der Waals surface area contributed by atoms with Crippen molar-refractivity contribution in [2.45, 2.75) is 51.9 Å². The van der Waals surface area contributed by atoms with Gasteiger partial charge in [0.25, 0.3) is 0 Å².